The van der Waals surface area contributed by atoms with Crippen molar-refractivity contribution in [2.24, 2.45) is 9.98 Å². The fourth-order valence-electron chi connectivity index (χ4n) is 4.60. The normalized spacial score (nSPS) is 14.9. The first kappa shape index (κ1) is 21.8. The largest absolute Gasteiger partial charge is 0.233 e. The highest BCUT2D eigenvalue weighted by molar-refractivity contribution is 6.14. The molecular formula is C32H28N2. The van der Waals surface area contributed by atoms with Crippen LogP contribution >= 0.6 is 0 Å². The number of fused-ring (bicyclic) bond motifs is 3. The van der Waals surface area contributed by atoms with Gasteiger partial charge in [0.2, 0.25) is 0 Å². The second-order valence-electron chi connectivity index (χ2n) is 8.80. The Hall–Kier alpha value is -4.04. The molecule has 0 unspecified atom stereocenters. The van der Waals surface area contributed by atoms with Gasteiger partial charge in [-0.1, -0.05) is 109 Å². The second-order valence-corrected chi connectivity index (χ2v) is 8.80. The van der Waals surface area contributed by atoms with Crippen molar-refractivity contribution in [3.63, 3.8) is 0 Å². The molecule has 0 saturated heterocycles. The number of hydrogen-bond donors (Lipinski definition) is 0. The lowest BCUT2D eigenvalue weighted by Gasteiger charge is -2.11. The van der Waals surface area contributed by atoms with E-state index in [4.69, 9.17) is 9.98 Å². The van der Waals surface area contributed by atoms with Crippen molar-refractivity contribution in [1.29, 1.82) is 0 Å². The van der Waals surface area contributed by atoms with Crippen LogP contribution in [-0.4, -0.2) is 11.5 Å². The summed E-state index contributed by atoms with van der Waals surface area (Å²) in [5.41, 5.74) is 11.4. The van der Waals surface area contributed by atoms with Crippen LogP contribution in [0.15, 0.2) is 119 Å². The van der Waals surface area contributed by atoms with Crippen LogP contribution in [0.4, 0.5) is 0 Å². The van der Waals surface area contributed by atoms with Gasteiger partial charge in [0.15, 0.2) is 5.84 Å². The van der Waals surface area contributed by atoms with Crippen molar-refractivity contribution in [2.45, 2.75) is 26.7 Å². The van der Waals surface area contributed by atoms with E-state index in [9.17, 15) is 0 Å². The molecule has 0 amide bonds. The first-order valence-corrected chi connectivity index (χ1v) is 11.7. The van der Waals surface area contributed by atoms with Gasteiger partial charge in [0.25, 0.3) is 0 Å². The van der Waals surface area contributed by atoms with Crippen molar-refractivity contribution < 1.29 is 0 Å². The molecule has 0 N–H and O–H groups in total. The Morgan fingerprint density at radius 1 is 0.882 bits per heavy atom. The van der Waals surface area contributed by atoms with Crippen LogP contribution in [0.2, 0.25) is 0 Å². The molecule has 0 spiro atoms. The topological polar surface area (TPSA) is 24.7 Å². The molecule has 0 bridgehead atoms. The fourth-order valence-corrected chi connectivity index (χ4v) is 4.60. The predicted octanol–water partition coefficient (Wildman–Crippen LogP) is 7.89. The van der Waals surface area contributed by atoms with Crippen molar-refractivity contribution in [2.75, 3.05) is 0 Å². The lowest BCUT2D eigenvalue weighted by atomic mass is 10.00. The Morgan fingerprint density at radius 3 is 2.59 bits per heavy atom. The van der Waals surface area contributed by atoms with Crippen LogP contribution in [0.3, 0.4) is 0 Å². The Bertz CT molecular complexity index is 1410. The first-order chi connectivity index (χ1) is 16.6. The van der Waals surface area contributed by atoms with Gasteiger partial charge in [-0.2, -0.15) is 0 Å². The van der Waals surface area contributed by atoms with Gasteiger partial charge in [-0.25, -0.2) is 9.98 Å². The van der Waals surface area contributed by atoms with Gasteiger partial charge in [-0.05, 0) is 60.1 Å². The number of rotatable bonds is 4. The van der Waals surface area contributed by atoms with Gasteiger partial charge < -0.3 is 0 Å². The molecule has 0 aliphatic heterocycles. The molecule has 0 heterocycles. The Labute approximate surface area is 202 Å². The van der Waals surface area contributed by atoms with E-state index in [-0.39, 0.29) is 0 Å². The van der Waals surface area contributed by atoms with Crippen LogP contribution in [0.1, 0.15) is 41.2 Å². The van der Waals surface area contributed by atoms with E-state index in [2.05, 4.69) is 87.2 Å². The minimum Gasteiger partial charge on any atom is -0.233 e. The van der Waals surface area contributed by atoms with Gasteiger partial charge >= 0.3 is 0 Å². The van der Waals surface area contributed by atoms with Crippen LogP contribution in [0.5, 0.6) is 0 Å². The molecule has 0 saturated carbocycles. The highest BCUT2D eigenvalue weighted by Gasteiger charge is 2.23. The molecule has 2 heteroatoms. The molecule has 0 radical (unpaired) electrons. The summed E-state index contributed by atoms with van der Waals surface area (Å²) in [5, 5.41) is 0. The number of benzene rings is 3. The minimum atomic E-state index is 0.708. The van der Waals surface area contributed by atoms with Crippen molar-refractivity contribution in [3.05, 3.63) is 137 Å². The molecule has 0 atom stereocenters. The zero-order valence-corrected chi connectivity index (χ0v) is 19.8. The minimum absolute atomic E-state index is 0.708. The predicted molar refractivity (Wildman–Crippen MR) is 146 cm³/mol. The molecule has 34 heavy (non-hydrogen) atoms. The second kappa shape index (κ2) is 9.44. The fraction of sp³-hybridized carbons (Fsp3) is 0.125. The number of nitrogens with zero attached hydrogens (tertiary/aromatic N) is 2. The van der Waals surface area contributed by atoms with Gasteiger partial charge in [-0.15, -0.1) is 0 Å². The number of amidine groups is 1. The van der Waals surface area contributed by atoms with E-state index >= 15 is 0 Å². The summed E-state index contributed by atoms with van der Waals surface area (Å²) in [6, 6.07) is 23.3. The maximum atomic E-state index is 5.09. The molecule has 0 aromatic heterocycles. The van der Waals surface area contributed by atoms with E-state index in [0.29, 0.717) is 11.5 Å². The van der Waals surface area contributed by atoms with E-state index in [1.165, 1.54) is 27.8 Å². The number of hydrogen-bond acceptors (Lipinski definition) is 1. The highest BCUT2D eigenvalue weighted by atomic mass is 14.9. The Morgan fingerprint density at radius 2 is 1.74 bits per heavy atom. The average Bonchev–Trinajstić information content (AvgIpc) is 3.02. The highest BCUT2D eigenvalue weighted by Crippen LogP contribution is 2.39. The van der Waals surface area contributed by atoms with Crippen molar-refractivity contribution in [1.82, 2.24) is 0 Å². The molecular weight excluding hydrogens is 412 g/mol. The van der Waals surface area contributed by atoms with Crippen molar-refractivity contribution in [3.8, 4) is 11.1 Å². The maximum absolute atomic E-state index is 5.09. The number of aliphatic imine (C=N–C) groups is 2. The third kappa shape index (κ3) is 4.40. The smallest absolute Gasteiger partial charge is 0.160 e. The first-order valence-electron chi connectivity index (χ1n) is 11.7. The number of aryl methyl sites for hydroxylation is 1. The summed E-state index contributed by atoms with van der Waals surface area (Å²) >= 11 is 0. The molecule has 3 aromatic rings. The van der Waals surface area contributed by atoms with Crippen LogP contribution in [0, 0.1) is 6.92 Å². The van der Waals surface area contributed by atoms with Crippen LogP contribution < -0.4 is 0 Å². The zero-order valence-electron chi connectivity index (χ0n) is 19.8. The summed E-state index contributed by atoms with van der Waals surface area (Å²) in [6.07, 6.45) is 12.4. The van der Waals surface area contributed by atoms with E-state index in [0.717, 1.165) is 35.3 Å². The standard InChI is InChI=1S/C32H28N2/c1-22-18-19-28-27(20-22)21-31-29(28)16-11-17-30(31)32(34-24(3)26-14-9-6-10-15-26)33-23(2)25-12-7-4-5-8-13-25/h4-7,9-20H,3,8,21H2,1-2H3/b33-23+,34-32-. The molecule has 3 aromatic carbocycles. The molecule has 0 fully saturated rings. The summed E-state index contributed by atoms with van der Waals surface area (Å²) in [7, 11) is 0. The van der Waals surface area contributed by atoms with Gasteiger partial charge in [0.1, 0.15) is 0 Å². The molecule has 5 rings (SSSR count). The summed E-state index contributed by atoms with van der Waals surface area (Å²) < 4.78 is 0. The Kier molecular flexibility index (Phi) is 6.05. The summed E-state index contributed by atoms with van der Waals surface area (Å²) in [5.74, 6) is 0.708. The molecule has 2 nitrogen and oxygen atoms in total. The number of allylic oxidation sites excluding steroid dienone is 6. The monoisotopic (exact) mass is 440 g/mol. The quantitative estimate of drug-likeness (QED) is 0.228. The van der Waals surface area contributed by atoms with Crippen LogP contribution in [-0.2, 0) is 6.42 Å². The van der Waals surface area contributed by atoms with Gasteiger partial charge in [0.05, 0.1) is 5.70 Å². The third-order valence-corrected chi connectivity index (χ3v) is 6.37. The average molecular weight is 441 g/mol. The zero-order chi connectivity index (χ0) is 23.5. The molecule has 2 aliphatic rings. The van der Waals surface area contributed by atoms with E-state index < -0.39 is 0 Å². The lowest BCUT2D eigenvalue weighted by Crippen LogP contribution is -2.07. The third-order valence-electron chi connectivity index (χ3n) is 6.37. The van der Waals surface area contributed by atoms with Gasteiger partial charge in [-0.3, -0.25) is 0 Å². The molecule has 2 aliphatic carbocycles. The molecule has 166 valence electrons. The van der Waals surface area contributed by atoms with E-state index in [1.54, 1.807) is 0 Å². The Balaban J connectivity index is 1.63. The summed E-state index contributed by atoms with van der Waals surface area (Å²) in [4.78, 5) is 10.1. The van der Waals surface area contributed by atoms with Gasteiger partial charge in [0, 0.05) is 11.3 Å². The van der Waals surface area contributed by atoms with Crippen LogP contribution in [0.25, 0.3) is 16.8 Å². The maximum Gasteiger partial charge on any atom is 0.160 e. The SMILES string of the molecule is C=C(/N=C(\N=C(/C)C1=CCC=CC=C1)c1cccc2c1Cc1cc(C)ccc1-2)c1ccccc1. The summed E-state index contributed by atoms with van der Waals surface area (Å²) in [6.45, 7) is 8.48. The van der Waals surface area contributed by atoms with E-state index in [1.807, 2.05) is 30.3 Å². The van der Waals surface area contributed by atoms with Crippen molar-refractivity contribution >= 4 is 17.2 Å². The lowest BCUT2D eigenvalue weighted by molar-refractivity contribution is 1.23.